The number of carbonyl (C=O) groups excluding carboxylic acids is 1. The van der Waals surface area contributed by atoms with Crippen LogP contribution in [-0.4, -0.2) is 16.9 Å². The highest BCUT2D eigenvalue weighted by molar-refractivity contribution is 8.02. The van der Waals surface area contributed by atoms with Gasteiger partial charge in [-0.1, -0.05) is 30.3 Å². The molecule has 0 spiro atoms. The third-order valence-corrected chi connectivity index (χ3v) is 2.73. The number of carbonyl (C=O) groups is 1. The molecule has 2 rings (SSSR count). The molecule has 1 aromatic carbocycles. The Hall–Kier alpha value is -1.42. The number of nitrogens with zero attached hydrogens (tertiary/aromatic N) is 1. The van der Waals surface area contributed by atoms with Gasteiger partial charge in [-0.05, 0) is 11.0 Å². The number of rotatable bonds is 2. The highest BCUT2D eigenvalue weighted by Crippen LogP contribution is 2.16. The fourth-order valence-corrected chi connectivity index (χ4v) is 1.87. The molecule has 0 fully saturated rings. The van der Waals surface area contributed by atoms with Gasteiger partial charge < -0.3 is 4.74 Å². The number of amides is 1. The van der Waals surface area contributed by atoms with E-state index in [4.69, 9.17) is 4.74 Å². The van der Waals surface area contributed by atoms with E-state index in [0.717, 1.165) is 5.56 Å². The number of thioether (sulfide) groups is 1. The zero-order chi connectivity index (χ0) is 10.5. The summed E-state index contributed by atoms with van der Waals surface area (Å²) in [6.45, 7) is 0.328. The summed E-state index contributed by atoms with van der Waals surface area (Å²) in [6.07, 6.45) is 1.44. The van der Waals surface area contributed by atoms with Gasteiger partial charge in [-0.2, -0.15) is 0 Å². The van der Waals surface area contributed by atoms with E-state index in [-0.39, 0.29) is 6.09 Å². The molecule has 0 saturated carbocycles. The average Bonchev–Trinajstić information content (AvgIpc) is 2.81. The number of hydrogen-bond acceptors (Lipinski definition) is 3. The maximum atomic E-state index is 11.5. The molecular formula is C11H11NO2S. The fourth-order valence-electron chi connectivity index (χ4n) is 1.20. The van der Waals surface area contributed by atoms with E-state index in [1.807, 2.05) is 35.7 Å². The predicted molar refractivity (Wildman–Crippen MR) is 60.1 cm³/mol. The average molecular weight is 221 g/mol. The molecule has 15 heavy (non-hydrogen) atoms. The molecule has 0 atom stereocenters. The van der Waals surface area contributed by atoms with Crippen LogP contribution in [0.25, 0.3) is 0 Å². The SMILES string of the molecule is O=C(OCc1ccccc1)N1C=CSC1. The molecule has 0 N–H and O–H groups in total. The van der Waals surface area contributed by atoms with Crippen molar-refractivity contribution >= 4 is 17.9 Å². The van der Waals surface area contributed by atoms with E-state index in [1.54, 1.807) is 22.9 Å². The standard InChI is InChI=1S/C11H11NO2S/c13-11(12-6-7-15-9-12)14-8-10-4-2-1-3-5-10/h1-7H,8-9H2. The Labute approximate surface area is 92.7 Å². The summed E-state index contributed by atoms with van der Waals surface area (Å²) in [7, 11) is 0. The molecule has 1 aliphatic heterocycles. The van der Waals surface area contributed by atoms with Crippen molar-refractivity contribution in [1.29, 1.82) is 0 Å². The van der Waals surface area contributed by atoms with Gasteiger partial charge in [-0.15, -0.1) is 11.8 Å². The van der Waals surface area contributed by atoms with Gasteiger partial charge in [0.15, 0.2) is 0 Å². The quantitative estimate of drug-likeness (QED) is 0.769. The van der Waals surface area contributed by atoms with Crippen molar-refractivity contribution in [3.05, 3.63) is 47.5 Å². The summed E-state index contributed by atoms with van der Waals surface area (Å²) in [4.78, 5) is 13.0. The Bertz CT molecular complexity index is 364. The molecule has 1 amide bonds. The molecule has 0 saturated heterocycles. The molecule has 1 aromatic rings. The summed E-state index contributed by atoms with van der Waals surface area (Å²) in [6, 6.07) is 9.65. The number of ether oxygens (including phenoxy) is 1. The third-order valence-electron chi connectivity index (χ3n) is 1.99. The second kappa shape index (κ2) is 4.89. The van der Waals surface area contributed by atoms with Crippen LogP contribution in [0.5, 0.6) is 0 Å². The lowest BCUT2D eigenvalue weighted by Crippen LogP contribution is -2.23. The van der Waals surface area contributed by atoms with Gasteiger partial charge in [0.2, 0.25) is 0 Å². The van der Waals surface area contributed by atoms with Crippen molar-refractivity contribution in [3.63, 3.8) is 0 Å². The second-order valence-electron chi connectivity index (χ2n) is 3.09. The molecule has 0 bridgehead atoms. The van der Waals surface area contributed by atoms with Crippen LogP contribution in [-0.2, 0) is 11.3 Å². The van der Waals surface area contributed by atoms with E-state index < -0.39 is 0 Å². The first-order valence-electron chi connectivity index (χ1n) is 4.62. The van der Waals surface area contributed by atoms with Crippen molar-refractivity contribution in [2.45, 2.75) is 6.61 Å². The normalized spacial score (nSPS) is 14.3. The van der Waals surface area contributed by atoms with Crippen LogP contribution in [0.15, 0.2) is 41.9 Å². The van der Waals surface area contributed by atoms with Gasteiger partial charge in [-0.3, -0.25) is 4.90 Å². The van der Waals surface area contributed by atoms with E-state index in [1.165, 1.54) is 0 Å². The van der Waals surface area contributed by atoms with Crippen LogP contribution in [0.1, 0.15) is 5.56 Å². The first kappa shape index (κ1) is 10.1. The molecule has 0 aromatic heterocycles. The molecule has 0 aliphatic carbocycles. The molecule has 4 heteroatoms. The highest BCUT2D eigenvalue weighted by atomic mass is 32.2. The lowest BCUT2D eigenvalue weighted by atomic mass is 10.2. The summed E-state index contributed by atoms with van der Waals surface area (Å²) in [5, 5.41) is 1.88. The minimum Gasteiger partial charge on any atom is -0.444 e. The van der Waals surface area contributed by atoms with Crippen LogP contribution in [0.4, 0.5) is 4.79 Å². The van der Waals surface area contributed by atoms with E-state index >= 15 is 0 Å². The smallest absolute Gasteiger partial charge is 0.414 e. The summed E-state index contributed by atoms with van der Waals surface area (Å²) in [5.74, 6) is 0.646. The molecule has 0 radical (unpaired) electrons. The summed E-state index contributed by atoms with van der Waals surface area (Å²) < 4.78 is 5.13. The Kier molecular flexibility index (Phi) is 3.29. The lowest BCUT2D eigenvalue weighted by Gasteiger charge is -2.12. The van der Waals surface area contributed by atoms with Crippen molar-refractivity contribution < 1.29 is 9.53 Å². The molecule has 0 unspecified atom stereocenters. The summed E-state index contributed by atoms with van der Waals surface area (Å²) in [5.41, 5.74) is 1.00. The zero-order valence-electron chi connectivity index (χ0n) is 8.13. The van der Waals surface area contributed by atoms with Crippen LogP contribution >= 0.6 is 11.8 Å². The Morgan fingerprint density at radius 1 is 1.40 bits per heavy atom. The van der Waals surface area contributed by atoms with Gasteiger partial charge in [0.25, 0.3) is 0 Å². The maximum Gasteiger partial charge on any atom is 0.414 e. The molecular weight excluding hydrogens is 210 g/mol. The monoisotopic (exact) mass is 221 g/mol. The van der Waals surface area contributed by atoms with Crippen LogP contribution < -0.4 is 0 Å². The summed E-state index contributed by atoms with van der Waals surface area (Å²) >= 11 is 1.58. The molecule has 3 nitrogen and oxygen atoms in total. The topological polar surface area (TPSA) is 29.5 Å². The minimum atomic E-state index is -0.292. The van der Waals surface area contributed by atoms with E-state index in [2.05, 4.69) is 0 Å². The lowest BCUT2D eigenvalue weighted by molar-refractivity contribution is 0.116. The zero-order valence-corrected chi connectivity index (χ0v) is 8.94. The van der Waals surface area contributed by atoms with Crippen LogP contribution in [0, 0.1) is 0 Å². The predicted octanol–water partition coefficient (Wildman–Crippen LogP) is 2.80. The van der Waals surface area contributed by atoms with Gasteiger partial charge in [0, 0.05) is 6.20 Å². The maximum absolute atomic E-state index is 11.5. The van der Waals surface area contributed by atoms with Crippen LogP contribution in [0.2, 0.25) is 0 Å². The largest absolute Gasteiger partial charge is 0.444 e. The Morgan fingerprint density at radius 3 is 2.87 bits per heavy atom. The van der Waals surface area contributed by atoms with Gasteiger partial charge in [0.1, 0.15) is 6.61 Å². The minimum absolute atomic E-state index is 0.292. The highest BCUT2D eigenvalue weighted by Gasteiger charge is 2.14. The van der Waals surface area contributed by atoms with Gasteiger partial charge in [-0.25, -0.2) is 4.79 Å². The first-order chi connectivity index (χ1) is 7.36. The van der Waals surface area contributed by atoms with Crippen molar-refractivity contribution in [2.75, 3.05) is 5.88 Å². The van der Waals surface area contributed by atoms with Gasteiger partial charge in [0.05, 0.1) is 5.88 Å². The number of benzene rings is 1. The fraction of sp³-hybridized carbons (Fsp3) is 0.182. The van der Waals surface area contributed by atoms with Gasteiger partial charge >= 0.3 is 6.09 Å². The van der Waals surface area contributed by atoms with Crippen molar-refractivity contribution in [3.8, 4) is 0 Å². The molecule has 1 heterocycles. The molecule has 1 aliphatic rings. The van der Waals surface area contributed by atoms with Crippen molar-refractivity contribution in [1.82, 2.24) is 4.90 Å². The van der Waals surface area contributed by atoms with Crippen molar-refractivity contribution in [2.24, 2.45) is 0 Å². The molecule has 78 valence electrons. The van der Waals surface area contributed by atoms with Crippen LogP contribution in [0.3, 0.4) is 0 Å². The second-order valence-corrected chi connectivity index (χ2v) is 3.95. The third kappa shape index (κ3) is 2.76. The first-order valence-corrected chi connectivity index (χ1v) is 5.67. The van der Waals surface area contributed by atoms with E-state index in [0.29, 0.717) is 12.5 Å². The number of hydrogen-bond donors (Lipinski definition) is 0. The van der Waals surface area contributed by atoms with E-state index in [9.17, 15) is 4.79 Å². The Balaban J connectivity index is 1.83. The Morgan fingerprint density at radius 2 is 2.20 bits per heavy atom.